The summed E-state index contributed by atoms with van der Waals surface area (Å²) in [5.74, 6) is -0.493. The van der Waals surface area contributed by atoms with Crippen molar-refractivity contribution in [3.05, 3.63) is 71.8 Å². The predicted molar refractivity (Wildman–Crippen MR) is 89.2 cm³/mol. The molecule has 0 N–H and O–H groups in total. The first kappa shape index (κ1) is 15.6. The minimum Gasteiger partial charge on any atom is -0.312 e. The molecule has 0 unspecified atom stereocenters. The van der Waals surface area contributed by atoms with Crippen LogP contribution >= 0.6 is 11.3 Å². The van der Waals surface area contributed by atoms with E-state index in [1.54, 1.807) is 10.6 Å². The number of allylic oxidation sites excluding steroid dienone is 1. The zero-order chi connectivity index (χ0) is 16.4. The third-order valence-corrected chi connectivity index (χ3v) is 5.67. The summed E-state index contributed by atoms with van der Waals surface area (Å²) in [4.78, 5) is 0.317. The molecule has 0 spiro atoms. The summed E-state index contributed by atoms with van der Waals surface area (Å²) in [6.07, 6.45) is 1.68. The number of aromatic nitrogens is 1. The van der Waals surface area contributed by atoms with E-state index in [0.29, 0.717) is 11.3 Å². The van der Waals surface area contributed by atoms with Gasteiger partial charge in [0.25, 0.3) is 10.0 Å². The monoisotopic (exact) mass is 348 g/mol. The smallest absolute Gasteiger partial charge is 0.285 e. The average molecular weight is 348 g/mol. The molecule has 0 radical (unpaired) electrons. The number of para-hydroxylation sites is 1. The minimum absolute atomic E-state index is 0.0403. The van der Waals surface area contributed by atoms with Gasteiger partial charge in [-0.15, -0.1) is 11.0 Å². The molecule has 0 aliphatic rings. The number of sulfonamides is 1. The van der Waals surface area contributed by atoms with Crippen molar-refractivity contribution in [2.45, 2.75) is 11.4 Å². The zero-order valence-corrected chi connectivity index (χ0v) is 13.6. The molecule has 23 heavy (non-hydrogen) atoms. The molecule has 2 aromatic carbocycles. The molecule has 0 aliphatic carbocycles. The van der Waals surface area contributed by atoms with Crippen LogP contribution in [0.25, 0.3) is 10.2 Å². The Morgan fingerprint density at radius 2 is 1.87 bits per heavy atom. The van der Waals surface area contributed by atoms with Crippen LogP contribution in [0.4, 0.5) is 4.39 Å². The molecule has 0 amide bonds. The summed E-state index contributed by atoms with van der Waals surface area (Å²) in [6, 6.07) is 12.2. The highest BCUT2D eigenvalue weighted by Crippen LogP contribution is 2.18. The number of hydrogen-bond donors (Lipinski definition) is 0. The summed E-state index contributed by atoms with van der Waals surface area (Å²) in [5.41, 5.74) is 0.894. The molecule has 0 saturated carbocycles. The van der Waals surface area contributed by atoms with E-state index in [9.17, 15) is 12.8 Å². The van der Waals surface area contributed by atoms with Gasteiger partial charge in [0, 0.05) is 6.54 Å². The third kappa shape index (κ3) is 3.11. The molecule has 1 aromatic heterocycles. The third-order valence-electron chi connectivity index (χ3n) is 3.21. The summed E-state index contributed by atoms with van der Waals surface area (Å²) in [6.45, 7) is 4.15. The van der Waals surface area contributed by atoms with Gasteiger partial charge in [0.1, 0.15) is 5.82 Å². The Morgan fingerprint density at radius 1 is 1.17 bits per heavy atom. The van der Waals surface area contributed by atoms with Crippen molar-refractivity contribution in [3.8, 4) is 0 Å². The maximum atomic E-state index is 13.0. The number of fused-ring (bicyclic) bond motifs is 1. The second-order valence-electron chi connectivity index (χ2n) is 4.77. The highest BCUT2D eigenvalue weighted by molar-refractivity contribution is 7.90. The Morgan fingerprint density at radius 3 is 2.57 bits per heavy atom. The zero-order valence-electron chi connectivity index (χ0n) is 12.0. The molecule has 118 valence electrons. The average Bonchev–Trinajstić information content (AvgIpc) is 2.85. The molecule has 3 rings (SSSR count). The fourth-order valence-electron chi connectivity index (χ4n) is 2.16. The van der Waals surface area contributed by atoms with Crippen LogP contribution in [0.15, 0.2) is 70.5 Å². The molecule has 0 fully saturated rings. The molecule has 4 nitrogen and oxygen atoms in total. The van der Waals surface area contributed by atoms with Crippen LogP contribution in [-0.4, -0.2) is 13.0 Å². The van der Waals surface area contributed by atoms with Crippen LogP contribution < -0.4 is 4.80 Å². The lowest BCUT2D eigenvalue weighted by molar-refractivity contribution is 0.594. The number of rotatable bonds is 4. The SMILES string of the molecule is C=CCn1/c(=N/S(=O)(=O)c2ccc(F)cc2)sc2ccccc21. The molecule has 1 heterocycles. The Balaban J connectivity index is 2.22. The van der Waals surface area contributed by atoms with Gasteiger partial charge in [-0.05, 0) is 36.4 Å². The molecular weight excluding hydrogens is 335 g/mol. The molecule has 3 aromatic rings. The van der Waals surface area contributed by atoms with E-state index >= 15 is 0 Å². The van der Waals surface area contributed by atoms with Crippen LogP contribution in [-0.2, 0) is 16.6 Å². The summed E-state index contributed by atoms with van der Waals surface area (Å²) >= 11 is 1.28. The maximum Gasteiger partial charge on any atom is 0.285 e. The maximum absolute atomic E-state index is 13.0. The topological polar surface area (TPSA) is 51.4 Å². The van der Waals surface area contributed by atoms with Crippen LogP contribution in [0.1, 0.15) is 0 Å². The second-order valence-corrected chi connectivity index (χ2v) is 7.39. The van der Waals surface area contributed by atoms with Gasteiger partial charge < -0.3 is 4.57 Å². The van der Waals surface area contributed by atoms with Crippen LogP contribution in [0.5, 0.6) is 0 Å². The Kier molecular flexibility index (Phi) is 4.14. The van der Waals surface area contributed by atoms with Gasteiger partial charge in [-0.25, -0.2) is 4.39 Å². The summed E-state index contributed by atoms with van der Waals surface area (Å²) < 4.78 is 44.5. The highest BCUT2D eigenvalue weighted by Gasteiger charge is 2.14. The minimum atomic E-state index is -3.90. The number of hydrogen-bond acceptors (Lipinski definition) is 3. The first-order chi connectivity index (χ1) is 11.0. The van der Waals surface area contributed by atoms with E-state index in [2.05, 4.69) is 11.0 Å². The van der Waals surface area contributed by atoms with E-state index in [1.165, 1.54) is 23.5 Å². The fraction of sp³-hybridized carbons (Fsp3) is 0.0625. The number of nitrogens with zero attached hydrogens (tertiary/aromatic N) is 2. The van der Waals surface area contributed by atoms with E-state index in [-0.39, 0.29) is 4.90 Å². The van der Waals surface area contributed by atoms with Crippen molar-refractivity contribution in [2.75, 3.05) is 0 Å². The molecule has 7 heteroatoms. The first-order valence-corrected chi connectivity index (χ1v) is 9.03. The van der Waals surface area contributed by atoms with Crippen LogP contribution in [0, 0.1) is 5.82 Å². The molecular formula is C16H13FN2O2S2. The van der Waals surface area contributed by atoms with Gasteiger partial charge in [0.15, 0.2) is 0 Å². The van der Waals surface area contributed by atoms with Gasteiger partial charge in [-0.1, -0.05) is 29.5 Å². The van der Waals surface area contributed by atoms with E-state index in [1.807, 2.05) is 24.3 Å². The van der Waals surface area contributed by atoms with Gasteiger partial charge in [0.05, 0.1) is 15.1 Å². The largest absolute Gasteiger partial charge is 0.312 e. The normalized spacial score (nSPS) is 12.7. The molecule has 0 saturated heterocycles. The molecule has 0 bridgehead atoms. The van der Waals surface area contributed by atoms with Gasteiger partial charge >= 0.3 is 0 Å². The lowest BCUT2D eigenvalue weighted by atomic mass is 10.3. The van der Waals surface area contributed by atoms with Gasteiger partial charge in [-0.3, -0.25) is 0 Å². The lowest BCUT2D eigenvalue weighted by Gasteiger charge is -2.01. The first-order valence-electron chi connectivity index (χ1n) is 6.77. The summed E-state index contributed by atoms with van der Waals surface area (Å²) in [5, 5.41) is 0. The van der Waals surface area contributed by atoms with Crippen LogP contribution in [0.3, 0.4) is 0 Å². The van der Waals surface area contributed by atoms with Gasteiger partial charge in [0.2, 0.25) is 4.80 Å². The van der Waals surface area contributed by atoms with Gasteiger partial charge in [-0.2, -0.15) is 8.42 Å². The predicted octanol–water partition coefficient (Wildman–Crippen LogP) is 3.32. The number of benzene rings is 2. The van der Waals surface area contributed by atoms with E-state index < -0.39 is 15.8 Å². The van der Waals surface area contributed by atoms with E-state index in [4.69, 9.17) is 0 Å². The lowest BCUT2D eigenvalue weighted by Crippen LogP contribution is -2.16. The van der Waals surface area contributed by atoms with Crippen molar-refractivity contribution in [2.24, 2.45) is 4.40 Å². The van der Waals surface area contributed by atoms with Crippen molar-refractivity contribution < 1.29 is 12.8 Å². The number of halogens is 1. The fourth-order valence-corrected chi connectivity index (χ4v) is 4.40. The highest BCUT2D eigenvalue weighted by atomic mass is 32.2. The second kappa shape index (κ2) is 6.10. The van der Waals surface area contributed by atoms with Crippen molar-refractivity contribution in [1.29, 1.82) is 0 Å². The van der Waals surface area contributed by atoms with E-state index in [0.717, 1.165) is 22.3 Å². The van der Waals surface area contributed by atoms with Crippen molar-refractivity contribution in [1.82, 2.24) is 4.57 Å². The quantitative estimate of drug-likeness (QED) is 0.679. The Hall–Kier alpha value is -2.25. The standard InChI is InChI=1S/C16H13FN2O2S2/c1-2-11-19-14-5-3-4-6-15(14)22-16(19)18-23(20,21)13-9-7-12(17)8-10-13/h2-10H,1,11H2/b18-16-. The van der Waals surface area contributed by atoms with Crippen molar-refractivity contribution >= 4 is 31.6 Å². The van der Waals surface area contributed by atoms with Crippen LogP contribution in [0.2, 0.25) is 0 Å². The molecule has 0 aliphatic heterocycles. The Bertz CT molecular complexity index is 1030. The molecule has 0 atom stereocenters. The van der Waals surface area contributed by atoms with Crippen molar-refractivity contribution in [3.63, 3.8) is 0 Å². The number of thiazole rings is 1. The Labute approximate surface area is 136 Å². The summed E-state index contributed by atoms with van der Waals surface area (Å²) in [7, 11) is -3.90.